The molecule has 1 aromatic carbocycles. The van der Waals surface area contributed by atoms with Crippen molar-refractivity contribution in [2.45, 2.75) is 18.6 Å². The molecule has 0 aromatic heterocycles. The SMILES string of the molecule is O=[N+]([O-])c1ccc(F)cc1C(O)C(O)CCO. The van der Waals surface area contributed by atoms with Gasteiger partial charge >= 0.3 is 0 Å². The predicted molar refractivity (Wildman–Crippen MR) is 55.7 cm³/mol. The van der Waals surface area contributed by atoms with E-state index in [1.807, 2.05) is 0 Å². The first kappa shape index (κ1) is 13.5. The number of aliphatic hydroxyl groups excluding tert-OH is 3. The zero-order chi connectivity index (χ0) is 13.0. The lowest BCUT2D eigenvalue weighted by Crippen LogP contribution is -2.20. The van der Waals surface area contributed by atoms with Crippen LogP contribution in [0.5, 0.6) is 0 Å². The third-order valence-corrected chi connectivity index (χ3v) is 2.29. The van der Waals surface area contributed by atoms with Crippen LogP contribution < -0.4 is 0 Å². The van der Waals surface area contributed by atoms with Gasteiger partial charge in [0.25, 0.3) is 5.69 Å². The summed E-state index contributed by atoms with van der Waals surface area (Å²) in [5, 5.41) is 38.3. The van der Waals surface area contributed by atoms with E-state index in [0.717, 1.165) is 18.2 Å². The summed E-state index contributed by atoms with van der Waals surface area (Å²) < 4.78 is 13.0. The lowest BCUT2D eigenvalue weighted by atomic mass is 10.0. The van der Waals surface area contributed by atoms with Crippen molar-refractivity contribution < 1.29 is 24.6 Å². The van der Waals surface area contributed by atoms with E-state index in [4.69, 9.17) is 5.11 Å². The quantitative estimate of drug-likeness (QED) is 0.518. The predicted octanol–water partition coefficient (Wildman–Crippen LogP) is 0.511. The van der Waals surface area contributed by atoms with Crippen LogP contribution in [0.15, 0.2) is 18.2 Å². The number of nitrogens with zero attached hydrogens (tertiary/aromatic N) is 1. The van der Waals surface area contributed by atoms with Crippen molar-refractivity contribution in [2.24, 2.45) is 0 Å². The normalized spacial score (nSPS) is 14.4. The van der Waals surface area contributed by atoms with Gasteiger partial charge in [0.15, 0.2) is 0 Å². The first-order valence-corrected chi connectivity index (χ1v) is 4.88. The summed E-state index contributed by atoms with van der Waals surface area (Å²) in [5.41, 5.74) is -0.785. The van der Waals surface area contributed by atoms with E-state index in [1.165, 1.54) is 0 Å². The molecular weight excluding hydrogens is 233 g/mol. The Morgan fingerprint density at radius 3 is 2.59 bits per heavy atom. The molecule has 0 spiro atoms. The van der Waals surface area contributed by atoms with Gasteiger partial charge in [-0.05, 0) is 18.6 Å². The minimum absolute atomic E-state index is 0.158. The molecule has 0 saturated carbocycles. The largest absolute Gasteiger partial charge is 0.396 e. The zero-order valence-electron chi connectivity index (χ0n) is 8.78. The summed E-state index contributed by atoms with van der Waals surface area (Å²) in [4.78, 5) is 9.88. The highest BCUT2D eigenvalue weighted by atomic mass is 19.1. The van der Waals surface area contributed by atoms with Crippen molar-refractivity contribution in [3.8, 4) is 0 Å². The number of benzene rings is 1. The van der Waals surface area contributed by atoms with Gasteiger partial charge in [-0.3, -0.25) is 10.1 Å². The van der Waals surface area contributed by atoms with E-state index in [0.29, 0.717) is 0 Å². The Labute approximate surface area is 96.1 Å². The molecule has 0 heterocycles. The van der Waals surface area contributed by atoms with Crippen LogP contribution in [-0.2, 0) is 0 Å². The molecule has 3 N–H and O–H groups in total. The molecule has 1 aromatic rings. The maximum Gasteiger partial charge on any atom is 0.275 e. The van der Waals surface area contributed by atoms with Gasteiger partial charge in [-0.15, -0.1) is 0 Å². The number of rotatable bonds is 5. The van der Waals surface area contributed by atoms with Crippen LogP contribution in [0, 0.1) is 15.9 Å². The number of nitro benzene ring substituents is 1. The van der Waals surface area contributed by atoms with Crippen LogP contribution in [0.25, 0.3) is 0 Å². The van der Waals surface area contributed by atoms with Gasteiger partial charge in [0.1, 0.15) is 11.9 Å². The summed E-state index contributed by atoms with van der Waals surface area (Å²) in [5.74, 6) is -0.749. The van der Waals surface area contributed by atoms with Crippen molar-refractivity contribution in [2.75, 3.05) is 6.61 Å². The Kier molecular flexibility index (Phi) is 4.50. The van der Waals surface area contributed by atoms with Gasteiger partial charge in [0.2, 0.25) is 0 Å². The molecule has 1 rings (SSSR count). The minimum Gasteiger partial charge on any atom is -0.396 e. The second-order valence-electron chi connectivity index (χ2n) is 3.48. The number of hydrogen-bond donors (Lipinski definition) is 3. The number of hydrogen-bond acceptors (Lipinski definition) is 5. The average molecular weight is 245 g/mol. The molecule has 2 unspecified atom stereocenters. The maximum atomic E-state index is 13.0. The molecule has 17 heavy (non-hydrogen) atoms. The second kappa shape index (κ2) is 5.67. The molecular formula is C10H12FNO5. The Morgan fingerprint density at radius 1 is 1.41 bits per heavy atom. The van der Waals surface area contributed by atoms with Crippen LogP contribution in [-0.4, -0.2) is 33.0 Å². The first-order chi connectivity index (χ1) is 7.97. The van der Waals surface area contributed by atoms with Gasteiger partial charge in [0.05, 0.1) is 16.6 Å². The van der Waals surface area contributed by atoms with E-state index < -0.39 is 28.6 Å². The topological polar surface area (TPSA) is 104 Å². The molecule has 0 aliphatic heterocycles. The van der Waals surface area contributed by atoms with Gasteiger partial charge in [-0.2, -0.15) is 0 Å². The molecule has 0 aliphatic rings. The monoisotopic (exact) mass is 245 g/mol. The molecule has 0 bridgehead atoms. The van der Waals surface area contributed by atoms with E-state index in [1.54, 1.807) is 0 Å². The molecule has 0 fully saturated rings. The summed E-state index contributed by atoms with van der Waals surface area (Å²) in [7, 11) is 0. The molecule has 0 radical (unpaired) electrons. The highest BCUT2D eigenvalue weighted by molar-refractivity contribution is 5.42. The number of halogens is 1. The maximum absolute atomic E-state index is 13.0. The fourth-order valence-electron chi connectivity index (χ4n) is 1.43. The van der Waals surface area contributed by atoms with E-state index in [2.05, 4.69) is 0 Å². The Morgan fingerprint density at radius 2 is 2.06 bits per heavy atom. The van der Waals surface area contributed by atoms with Crippen LogP contribution in [0.1, 0.15) is 18.1 Å². The summed E-state index contributed by atoms with van der Waals surface area (Å²) >= 11 is 0. The number of nitro groups is 1. The second-order valence-corrected chi connectivity index (χ2v) is 3.48. The summed E-state index contributed by atoms with van der Waals surface area (Å²) in [6, 6.07) is 2.61. The summed E-state index contributed by atoms with van der Waals surface area (Å²) in [6.07, 6.45) is -3.16. The molecule has 0 saturated heterocycles. The van der Waals surface area contributed by atoms with Gasteiger partial charge in [0, 0.05) is 12.7 Å². The lowest BCUT2D eigenvalue weighted by molar-refractivity contribution is -0.386. The summed E-state index contributed by atoms with van der Waals surface area (Å²) in [6.45, 7) is -0.388. The van der Waals surface area contributed by atoms with Crippen molar-refractivity contribution in [3.05, 3.63) is 39.7 Å². The Bertz CT molecular complexity index is 412. The highest BCUT2D eigenvalue weighted by Crippen LogP contribution is 2.28. The zero-order valence-corrected chi connectivity index (χ0v) is 8.78. The first-order valence-electron chi connectivity index (χ1n) is 4.88. The Balaban J connectivity index is 3.10. The molecule has 0 amide bonds. The van der Waals surface area contributed by atoms with Gasteiger partial charge in [-0.1, -0.05) is 0 Å². The van der Waals surface area contributed by atoms with Crippen LogP contribution >= 0.6 is 0 Å². The van der Waals surface area contributed by atoms with Crippen molar-refractivity contribution in [1.29, 1.82) is 0 Å². The standard InChI is InChI=1S/C10H12FNO5/c11-6-1-2-8(12(16)17)7(5-6)10(15)9(14)3-4-13/h1-2,5,9-10,13-15H,3-4H2. The molecule has 0 aliphatic carbocycles. The van der Waals surface area contributed by atoms with Crippen LogP contribution in [0.4, 0.5) is 10.1 Å². The fourth-order valence-corrected chi connectivity index (χ4v) is 1.43. The van der Waals surface area contributed by atoms with E-state index in [-0.39, 0.29) is 18.6 Å². The van der Waals surface area contributed by atoms with E-state index >= 15 is 0 Å². The van der Waals surface area contributed by atoms with Crippen LogP contribution in [0.2, 0.25) is 0 Å². The van der Waals surface area contributed by atoms with Crippen LogP contribution in [0.3, 0.4) is 0 Å². The third kappa shape index (κ3) is 3.19. The molecule has 6 nitrogen and oxygen atoms in total. The van der Waals surface area contributed by atoms with Gasteiger partial charge in [-0.25, -0.2) is 4.39 Å². The molecule has 2 atom stereocenters. The van der Waals surface area contributed by atoms with Gasteiger partial charge < -0.3 is 15.3 Å². The third-order valence-electron chi connectivity index (χ3n) is 2.29. The Hall–Kier alpha value is -1.57. The van der Waals surface area contributed by atoms with E-state index in [9.17, 15) is 24.7 Å². The molecule has 94 valence electrons. The minimum atomic E-state index is -1.61. The fraction of sp³-hybridized carbons (Fsp3) is 0.400. The average Bonchev–Trinajstić information content (AvgIpc) is 2.27. The lowest BCUT2D eigenvalue weighted by Gasteiger charge is -2.17. The molecule has 7 heteroatoms. The number of aliphatic hydroxyl groups is 3. The van der Waals surface area contributed by atoms with Crippen molar-refractivity contribution >= 4 is 5.69 Å². The van der Waals surface area contributed by atoms with Crippen molar-refractivity contribution in [1.82, 2.24) is 0 Å². The highest BCUT2D eigenvalue weighted by Gasteiger charge is 2.26. The van der Waals surface area contributed by atoms with Crippen molar-refractivity contribution in [3.63, 3.8) is 0 Å². The smallest absolute Gasteiger partial charge is 0.275 e.